The number of rotatable bonds is 3. The molecule has 0 aromatic heterocycles. The Bertz CT molecular complexity index is 1030. The number of thioether (sulfide) groups is 1. The van der Waals surface area contributed by atoms with Gasteiger partial charge < -0.3 is 4.90 Å². The van der Waals surface area contributed by atoms with Crippen LogP contribution in [0, 0.1) is 0 Å². The molecule has 0 bridgehead atoms. The highest BCUT2D eigenvalue weighted by Gasteiger charge is 2.35. The van der Waals surface area contributed by atoms with E-state index in [9.17, 15) is 4.79 Å². The zero-order valence-electron chi connectivity index (χ0n) is 18.3. The van der Waals surface area contributed by atoms with Gasteiger partial charge in [0.05, 0.1) is 10.6 Å². The summed E-state index contributed by atoms with van der Waals surface area (Å²) < 4.78 is 0. The molecule has 0 radical (unpaired) electrons. The number of amides is 1. The molecule has 1 amide bonds. The predicted octanol–water partition coefficient (Wildman–Crippen LogP) is 6.03. The smallest absolute Gasteiger partial charge is 0.266 e. The lowest BCUT2D eigenvalue weighted by Crippen LogP contribution is -2.45. The normalized spacial score (nSPS) is 23.4. The van der Waals surface area contributed by atoms with Gasteiger partial charge in [-0.05, 0) is 86.3 Å². The lowest BCUT2D eigenvalue weighted by atomic mass is 9.80. The van der Waals surface area contributed by atoms with E-state index in [1.54, 1.807) is 4.90 Å². The quantitative estimate of drug-likeness (QED) is 0.570. The third-order valence-corrected chi connectivity index (χ3v) is 7.15. The monoisotopic (exact) mass is 419 g/mol. The van der Waals surface area contributed by atoms with Crippen LogP contribution in [-0.4, -0.2) is 35.1 Å². The molecule has 156 valence electrons. The number of carbonyl (C=O) groups is 1. The van der Waals surface area contributed by atoms with Crippen LogP contribution in [0.5, 0.6) is 0 Å². The van der Waals surface area contributed by atoms with Crippen molar-refractivity contribution in [3.63, 3.8) is 0 Å². The van der Waals surface area contributed by atoms with Gasteiger partial charge in [-0.3, -0.25) is 9.69 Å². The zero-order chi connectivity index (χ0) is 21.5. The van der Waals surface area contributed by atoms with E-state index in [2.05, 4.69) is 50.9 Å². The molecule has 5 heteroatoms. The van der Waals surface area contributed by atoms with Crippen LogP contribution in [0.4, 0.5) is 11.4 Å². The Kier molecular flexibility index (Phi) is 5.49. The summed E-state index contributed by atoms with van der Waals surface area (Å²) >= 11 is 1.46. The van der Waals surface area contributed by atoms with Gasteiger partial charge in [0.15, 0.2) is 5.17 Å². The number of hydrogen-bond acceptors (Lipinski definition) is 4. The Morgan fingerprint density at radius 3 is 2.63 bits per heavy atom. The van der Waals surface area contributed by atoms with Crippen LogP contribution in [0.25, 0.3) is 6.08 Å². The number of carbonyl (C=O) groups excluding carboxylic acids is 1. The molecule has 2 aromatic rings. The largest absolute Gasteiger partial charge is 0.369 e. The standard InChI is InChI=1S/C25H29N3OS/c1-6-28-23(29)22(30-24(28)26-19-10-8-7-9-11-19)15-18-12-13-21-20(14-18)17(2)16-25(3,4)27(21)5/h7-15,17H,6,16H2,1-5H3/b22-15-,26-24?/t17-/m0/s1. The number of para-hydroxylation sites is 1. The van der Waals surface area contributed by atoms with Crippen LogP contribution >= 0.6 is 11.8 Å². The highest BCUT2D eigenvalue weighted by molar-refractivity contribution is 8.18. The number of aliphatic imine (C=N–C) groups is 1. The second-order valence-electron chi connectivity index (χ2n) is 8.68. The van der Waals surface area contributed by atoms with Crippen molar-refractivity contribution in [1.29, 1.82) is 0 Å². The molecule has 2 heterocycles. The first-order chi connectivity index (χ1) is 14.3. The van der Waals surface area contributed by atoms with Gasteiger partial charge in [0, 0.05) is 24.8 Å². The first-order valence-electron chi connectivity index (χ1n) is 10.5. The fourth-order valence-electron chi connectivity index (χ4n) is 4.32. The minimum absolute atomic E-state index is 0.0289. The number of hydrogen-bond donors (Lipinski definition) is 0. The van der Waals surface area contributed by atoms with E-state index in [1.165, 1.54) is 23.0 Å². The minimum atomic E-state index is 0.0289. The van der Waals surface area contributed by atoms with Crippen molar-refractivity contribution in [3.05, 3.63) is 64.6 Å². The number of benzene rings is 2. The topological polar surface area (TPSA) is 35.9 Å². The van der Waals surface area contributed by atoms with Gasteiger partial charge in [-0.15, -0.1) is 0 Å². The maximum atomic E-state index is 13.0. The fraction of sp³-hybridized carbons (Fsp3) is 0.360. The average Bonchev–Trinajstić information content (AvgIpc) is 3.01. The van der Waals surface area contributed by atoms with Crippen molar-refractivity contribution < 1.29 is 4.79 Å². The molecule has 0 unspecified atom stereocenters. The van der Waals surface area contributed by atoms with Gasteiger partial charge in [0.1, 0.15) is 0 Å². The molecule has 1 fully saturated rings. The summed E-state index contributed by atoms with van der Waals surface area (Å²) in [6.07, 6.45) is 3.12. The van der Waals surface area contributed by atoms with Crippen molar-refractivity contribution in [2.24, 2.45) is 4.99 Å². The molecule has 0 saturated carbocycles. The third-order valence-electron chi connectivity index (χ3n) is 6.14. The van der Waals surface area contributed by atoms with E-state index in [-0.39, 0.29) is 11.4 Å². The molecule has 0 aliphatic carbocycles. The van der Waals surface area contributed by atoms with Crippen molar-refractivity contribution in [2.75, 3.05) is 18.5 Å². The lowest BCUT2D eigenvalue weighted by Gasteiger charge is -2.45. The third kappa shape index (κ3) is 3.79. The predicted molar refractivity (Wildman–Crippen MR) is 128 cm³/mol. The molecular weight excluding hydrogens is 390 g/mol. The summed E-state index contributed by atoms with van der Waals surface area (Å²) in [4.78, 5) is 22.5. The van der Waals surface area contributed by atoms with Gasteiger partial charge >= 0.3 is 0 Å². The van der Waals surface area contributed by atoms with Crippen molar-refractivity contribution >= 4 is 40.3 Å². The van der Waals surface area contributed by atoms with Gasteiger partial charge in [0.25, 0.3) is 5.91 Å². The molecule has 30 heavy (non-hydrogen) atoms. The second-order valence-corrected chi connectivity index (χ2v) is 9.69. The molecule has 2 aromatic carbocycles. The highest BCUT2D eigenvalue weighted by Crippen LogP contribution is 2.43. The molecular formula is C25H29N3OS. The Hall–Kier alpha value is -2.53. The number of anilines is 1. The number of fused-ring (bicyclic) bond motifs is 1. The van der Waals surface area contributed by atoms with Crippen LogP contribution in [-0.2, 0) is 4.79 Å². The Morgan fingerprint density at radius 2 is 1.93 bits per heavy atom. The second kappa shape index (κ2) is 7.95. The summed E-state index contributed by atoms with van der Waals surface area (Å²) in [6, 6.07) is 16.4. The van der Waals surface area contributed by atoms with E-state index in [0.29, 0.717) is 12.5 Å². The molecule has 4 nitrogen and oxygen atoms in total. The summed E-state index contributed by atoms with van der Waals surface area (Å²) in [5.41, 5.74) is 4.72. The number of nitrogens with zero attached hydrogens (tertiary/aromatic N) is 3. The van der Waals surface area contributed by atoms with Crippen LogP contribution < -0.4 is 4.90 Å². The lowest BCUT2D eigenvalue weighted by molar-refractivity contribution is -0.122. The van der Waals surface area contributed by atoms with Gasteiger partial charge in [-0.2, -0.15) is 0 Å². The molecule has 1 atom stereocenters. The Labute approximate surface area is 183 Å². The Balaban J connectivity index is 1.66. The Morgan fingerprint density at radius 1 is 1.20 bits per heavy atom. The van der Waals surface area contributed by atoms with E-state index >= 15 is 0 Å². The molecule has 1 saturated heterocycles. The minimum Gasteiger partial charge on any atom is -0.369 e. The molecule has 2 aliphatic heterocycles. The van der Waals surface area contributed by atoms with Crippen LogP contribution in [0.2, 0.25) is 0 Å². The van der Waals surface area contributed by atoms with Gasteiger partial charge in [-0.1, -0.05) is 31.2 Å². The van der Waals surface area contributed by atoms with Gasteiger partial charge in [0.2, 0.25) is 0 Å². The maximum absolute atomic E-state index is 13.0. The maximum Gasteiger partial charge on any atom is 0.266 e. The van der Waals surface area contributed by atoms with Crippen LogP contribution in [0.1, 0.15) is 51.2 Å². The average molecular weight is 420 g/mol. The molecule has 2 aliphatic rings. The van der Waals surface area contributed by atoms with Crippen molar-refractivity contribution in [3.8, 4) is 0 Å². The number of likely N-dealkylation sites (N-methyl/N-ethyl adjacent to an activating group) is 1. The summed E-state index contributed by atoms with van der Waals surface area (Å²) in [6.45, 7) is 9.48. The number of amidine groups is 1. The van der Waals surface area contributed by atoms with E-state index in [1.807, 2.05) is 43.3 Å². The van der Waals surface area contributed by atoms with E-state index in [0.717, 1.165) is 27.7 Å². The van der Waals surface area contributed by atoms with Crippen LogP contribution in [0.15, 0.2) is 58.4 Å². The summed E-state index contributed by atoms with van der Waals surface area (Å²) in [5, 5.41) is 0.743. The van der Waals surface area contributed by atoms with E-state index in [4.69, 9.17) is 4.99 Å². The molecule has 0 spiro atoms. The first-order valence-corrected chi connectivity index (χ1v) is 11.3. The first kappa shape index (κ1) is 20.7. The summed E-state index contributed by atoms with van der Waals surface area (Å²) in [7, 11) is 2.17. The molecule has 0 N–H and O–H groups in total. The summed E-state index contributed by atoms with van der Waals surface area (Å²) in [5.74, 6) is 0.514. The van der Waals surface area contributed by atoms with Crippen molar-refractivity contribution in [2.45, 2.75) is 45.6 Å². The fourth-order valence-corrected chi connectivity index (χ4v) is 5.38. The van der Waals surface area contributed by atoms with Crippen LogP contribution in [0.3, 0.4) is 0 Å². The SMILES string of the molecule is CCN1C(=O)/C(=C/c2ccc3c(c2)[C@@H](C)CC(C)(C)N3C)SC1=Nc1ccccc1. The van der Waals surface area contributed by atoms with Crippen molar-refractivity contribution in [1.82, 2.24) is 4.90 Å². The van der Waals surface area contributed by atoms with E-state index < -0.39 is 0 Å². The molecule has 4 rings (SSSR count). The zero-order valence-corrected chi connectivity index (χ0v) is 19.2. The highest BCUT2D eigenvalue weighted by atomic mass is 32.2. The van der Waals surface area contributed by atoms with Gasteiger partial charge in [-0.25, -0.2) is 4.99 Å².